The topological polar surface area (TPSA) is 47.3 Å². The molecule has 94 valence electrons. The maximum Gasteiger partial charge on any atom is 0.0646 e. The van der Waals surface area contributed by atoms with E-state index in [0.29, 0.717) is 6.04 Å². The number of anilines is 2. The second kappa shape index (κ2) is 4.57. The average molecular weight is 234 g/mol. The third kappa shape index (κ3) is 3.13. The van der Waals surface area contributed by atoms with E-state index in [-0.39, 0.29) is 5.60 Å². The number of hydrogen-bond donors (Lipinski definition) is 2. The van der Waals surface area contributed by atoms with Crippen LogP contribution in [0.2, 0.25) is 0 Å². The lowest BCUT2D eigenvalue weighted by Crippen LogP contribution is -2.40. The molecule has 0 spiro atoms. The molecule has 0 radical (unpaired) electrons. The third-order valence-corrected chi connectivity index (χ3v) is 3.31. The minimum atomic E-state index is -0.0162. The summed E-state index contributed by atoms with van der Waals surface area (Å²) in [4.78, 5) is 0. The number of ether oxygens (including phenoxy) is 1. The Kier molecular flexibility index (Phi) is 3.29. The molecule has 0 aliphatic carbocycles. The molecule has 1 saturated heterocycles. The molecule has 0 bridgehead atoms. The lowest BCUT2D eigenvalue weighted by molar-refractivity contribution is -0.0553. The lowest BCUT2D eigenvalue weighted by atomic mass is 9.93. The summed E-state index contributed by atoms with van der Waals surface area (Å²) < 4.78 is 5.72. The van der Waals surface area contributed by atoms with Crippen molar-refractivity contribution in [1.29, 1.82) is 0 Å². The van der Waals surface area contributed by atoms with Gasteiger partial charge in [-0.25, -0.2) is 0 Å². The highest BCUT2D eigenvalue weighted by Gasteiger charge is 2.28. The molecule has 3 heteroatoms. The van der Waals surface area contributed by atoms with E-state index in [4.69, 9.17) is 10.5 Å². The Hall–Kier alpha value is -1.22. The molecule has 17 heavy (non-hydrogen) atoms. The van der Waals surface area contributed by atoms with Crippen LogP contribution in [0.5, 0.6) is 0 Å². The fourth-order valence-corrected chi connectivity index (χ4v) is 2.42. The van der Waals surface area contributed by atoms with Crippen molar-refractivity contribution in [3.05, 3.63) is 23.8 Å². The van der Waals surface area contributed by atoms with Crippen LogP contribution in [0.1, 0.15) is 32.3 Å². The van der Waals surface area contributed by atoms with Crippen molar-refractivity contribution >= 4 is 11.4 Å². The van der Waals surface area contributed by atoms with E-state index in [2.05, 4.69) is 32.2 Å². The largest absolute Gasteiger partial charge is 0.399 e. The van der Waals surface area contributed by atoms with Crippen molar-refractivity contribution in [2.45, 2.75) is 45.3 Å². The first-order valence-electron chi connectivity index (χ1n) is 6.23. The average Bonchev–Trinajstić information content (AvgIpc) is 2.21. The van der Waals surface area contributed by atoms with E-state index < -0.39 is 0 Å². The zero-order valence-electron chi connectivity index (χ0n) is 10.9. The van der Waals surface area contributed by atoms with E-state index in [1.807, 2.05) is 12.1 Å². The van der Waals surface area contributed by atoms with Gasteiger partial charge in [0.15, 0.2) is 0 Å². The molecule has 0 aromatic heterocycles. The van der Waals surface area contributed by atoms with Gasteiger partial charge in [0, 0.05) is 24.0 Å². The molecule has 1 unspecified atom stereocenters. The standard InChI is InChI=1S/C14H22N2O/c1-10-8-11(15)4-5-13(10)16-12-6-7-17-14(2,3)9-12/h4-5,8,12,16H,6-7,9,15H2,1-3H3. The van der Waals surface area contributed by atoms with Crippen molar-refractivity contribution < 1.29 is 4.74 Å². The summed E-state index contributed by atoms with van der Waals surface area (Å²) in [6, 6.07) is 6.50. The number of rotatable bonds is 2. The van der Waals surface area contributed by atoms with E-state index in [1.165, 1.54) is 11.3 Å². The van der Waals surface area contributed by atoms with E-state index >= 15 is 0 Å². The number of benzene rings is 1. The fourth-order valence-electron chi connectivity index (χ4n) is 2.42. The zero-order valence-corrected chi connectivity index (χ0v) is 10.9. The number of aryl methyl sites for hydroxylation is 1. The molecular weight excluding hydrogens is 212 g/mol. The van der Waals surface area contributed by atoms with Crippen LogP contribution in [0.4, 0.5) is 11.4 Å². The molecule has 3 N–H and O–H groups in total. The van der Waals surface area contributed by atoms with Crippen LogP contribution < -0.4 is 11.1 Å². The van der Waals surface area contributed by atoms with Crippen LogP contribution in [-0.2, 0) is 4.74 Å². The second-order valence-electron chi connectivity index (χ2n) is 5.52. The molecule has 2 rings (SSSR count). The zero-order chi connectivity index (χ0) is 12.5. The van der Waals surface area contributed by atoms with Gasteiger partial charge in [0.05, 0.1) is 5.60 Å². The molecular formula is C14H22N2O. The Balaban J connectivity index is 2.05. The Labute approximate surface area is 103 Å². The SMILES string of the molecule is Cc1cc(N)ccc1NC1CCOC(C)(C)C1. The Morgan fingerprint density at radius 1 is 1.41 bits per heavy atom. The molecule has 3 nitrogen and oxygen atoms in total. The molecule has 1 atom stereocenters. The summed E-state index contributed by atoms with van der Waals surface area (Å²) in [6.07, 6.45) is 2.10. The van der Waals surface area contributed by atoms with Gasteiger partial charge >= 0.3 is 0 Å². The Bertz CT molecular complexity index is 401. The molecule has 1 aliphatic rings. The van der Waals surface area contributed by atoms with Crippen molar-refractivity contribution in [3.63, 3.8) is 0 Å². The minimum Gasteiger partial charge on any atom is -0.399 e. The molecule has 1 aromatic carbocycles. The van der Waals surface area contributed by atoms with Gasteiger partial charge in [-0.3, -0.25) is 0 Å². The van der Waals surface area contributed by atoms with Crippen LogP contribution in [0.3, 0.4) is 0 Å². The van der Waals surface area contributed by atoms with E-state index in [9.17, 15) is 0 Å². The quantitative estimate of drug-likeness (QED) is 0.773. The maximum absolute atomic E-state index is 5.76. The van der Waals surface area contributed by atoms with Gasteiger partial charge in [0.2, 0.25) is 0 Å². The van der Waals surface area contributed by atoms with Crippen LogP contribution in [0.15, 0.2) is 18.2 Å². The predicted octanol–water partition coefficient (Wildman–Crippen LogP) is 2.95. The molecule has 1 fully saturated rings. The van der Waals surface area contributed by atoms with Crippen molar-refractivity contribution in [2.24, 2.45) is 0 Å². The smallest absolute Gasteiger partial charge is 0.0646 e. The Morgan fingerprint density at radius 2 is 2.18 bits per heavy atom. The van der Waals surface area contributed by atoms with Gasteiger partial charge in [-0.15, -0.1) is 0 Å². The number of hydrogen-bond acceptors (Lipinski definition) is 3. The molecule has 1 heterocycles. The summed E-state index contributed by atoms with van der Waals surface area (Å²) in [5, 5.41) is 3.60. The molecule has 0 amide bonds. The Morgan fingerprint density at radius 3 is 2.82 bits per heavy atom. The highest BCUT2D eigenvalue weighted by Crippen LogP contribution is 2.27. The molecule has 0 saturated carbocycles. The van der Waals surface area contributed by atoms with Gasteiger partial charge < -0.3 is 15.8 Å². The summed E-state index contributed by atoms with van der Waals surface area (Å²) in [6.45, 7) is 7.22. The molecule has 1 aliphatic heterocycles. The summed E-state index contributed by atoms with van der Waals surface area (Å²) in [5.74, 6) is 0. The van der Waals surface area contributed by atoms with Crippen molar-refractivity contribution in [1.82, 2.24) is 0 Å². The highest BCUT2D eigenvalue weighted by atomic mass is 16.5. The van der Waals surface area contributed by atoms with Crippen LogP contribution in [0.25, 0.3) is 0 Å². The third-order valence-electron chi connectivity index (χ3n) is 3.31. The maximum atomic E-state index is 5.76. The minimum absolute atomic E-state index is 0.0162. The first-order chi connectivity index (χ1) is 7.96. The van der Waals surface area contributed by atoms with Gasteiger partial charge in [-0.05, 0) is 57.4 Å². The van der Waals surface area contributed by atoms with Crippen molar-refractivity contribution in [3.8, 4) is 0 Å². The summed E-state index contributed by atoms with van der Waals surface area (Å²) >= 11 is 0. The summed E-state index contributed by atoms with van der Waals surface area (Å²) in [7, 11) is 0. The number of nitrogens with one attached hydrogen (secondary N) is 1. The predicted molar refractivity (Wildman–Crippen MR) is 72.3 cm³/mol. The van der Waals surface area contributed by atoms with Gasteiger partial charge in [-0.2, -0.15) is 0 Å². The van der Waals surface area contributed by atoms with Gasteiger partial charge in [-0.1, -0.05) is 0 Å². The number of nitrogens with two attached hydrogens (primary N) is 1. The lowest BCUT2D eigenvalue weighted by Gasteiger charge is -2.36. The van der Waals surface area contributed by atoms with Gasteiger partial charge in [0.1, 0.15) is 0 Å². The van der Waals surface area contributed by atoms with E-state index in [0.717, 1.165) is 25.1 Å². The molecule has 1 aromatic rings. The second-order valence-corrected chi connectivity index (χ2v) is 5.52. The van der Waals surface area contributed by atoms with Crippen LogP contribution in [-0.4, -0.2) is 18.2 Å². The van der Waals surface area contributed by atoms with Crippen LogP contribution in [0, 0.1) is 6.92 Å². The van der Waals surface area contributed by atoms with Crippen LogP contribution >= 0.6 is 0 Å². The number of nitrogen functional groups attached to an aromatic ring is 1. The first-order valence-corrected chi connectivity index (χ1v) is 6.23. The normalized spacial score (nSPS) is 23.4. The van der Waals surface area contributed by atoms with Crippen molar-refractivity contribution in [2.75, 3.05) is 17.7 Å². The van der Waals surface area contributed by atoms with Gasteiger partial charge in [0.25, 0.3) is 0 Å². The highest BCUT2D eigenvalue weighted by molar-refractivity contribution is 5.57. The van der Waals surface area contributed by atoms with E-state index in [1.54, 1.807) is 0 Å². The summed E-state index contributed by atoms with van der Waals surface area (Å²) in [5.41, 5.74) is 8.94. The first kappa shape index (κ1) is 12.2. The fraction of sp³-hybridized carbons (Fsp3) is 0.571. The monoisotopic (exact) mass is 234 g/mol.